The lowest BCUT2D eigenvalue weighted by molar-refractivity contribution is -0.154. The highest BCUT2D eigenvalue weighted by atomic mass is 32.1. The largest absolute Gasteiger partial charge is 0.452 e. The second-order valence-corrected chi connectivity index (χ2v) is 7.00. The Morgan fingerprint density at radius 2 is 1.81 bits per heavy atom. The molecule has 0 saturated heterocycles. The normalized spacial score (nSPS) is 11.7. The first-order valence-electron chi connectivity index (χ1n) is 8.24. The molecule has 2 aromatic rings. The number of nitrogens with one attached hydrogen (secondary N) is 1. The molecule has 1 atom stereocenters. The van der Waals surface area contributed by atoms with Gasteiger partial charge >= 0.3 is 5.97 Å². The zero-order valence-electron chi connectivity index (χ0n) is 14.6. The minimum Gasteiger partial charge on any atom is -0.452 e. The van der Waals surface area contributed by atoms with Gasteiger partial charge in [-0.2, -0.15) is 0 Å². The Hall–Kier alpha value is -2.54. The Morgan fingerprint density at radius 3 is 2.38 bits per heavy atom. The van der Waals surface area contributed by atoms with Crippen molar-refractivity contribution in [3.8, 4) is 0 Å². The van der Waals surface area contributed by atoms with E-state index in [1.807, 2.05) is 13.0 Å². The molecular formula is C19H20FNO4S. The van der Waals surface area contributed by atoms with Crippen molar-refractivity contribution in [1.82, 2.24) is 0 Å². The van der Waals surface area contributed by atoms with Gasteiger partial charge in [0.15, 0.2) is 11.9 Å². The zero-order valence-corrected chi connectivity index (χ0v) is 15.4. The molecule has 1 N–H and O–H groups in total. The van der Waals surface area contributed by atoms with Crippen LogP contribution in [0.4, 0.5) is 10.1 Å². The summed E-state index contributed by atoms with van der Waals surface area (Å²) in [5.74, 6) is -1.63. The Balaban J connectivity index is 1.83. The van der Waals surface area contributed by atoms with E-state index in [-0.39, 0.29) is 25.0 Å². The molecule has 1 unspecified atom stereocenters. The van der Waals surface area contributed by atoms with Crippen molar-refractivity contribution in [2.45, 2.75) is 39.2 Å². The molecular weight excluding hydrogens is 357 g/mol. The topological polar surface area (TPSA) is 72.5 Å². The zero-order chi connectivity index (χ0) is 19.1. The van der Waals surface area contributed by atoms with Crippen LogP contribution in [0, 0.1) is 12.7 Å². The van der Waals surface area contributed by atoms with E-state index in [1.54, 1.807) is 13.0 Å². The van der Waals surface area contributed by atoms with Gasteiger partial charge in [-0.15, -0.1) is 11.3 Å². The molecule has 1 aromatic heterocycles. The van der Waals surface area contributed by atoms with Crippen LogP contribution >= 0.6 is 11.3 Å². The number of benzene rings is 1. The van der Waals surface area contributed by atoms with Gasteiger partial charge in [0, 0.05) is 17.0 Å². The van der Waals surface area contributed by atoms with Crippen LogP contribution in [0.5, 0.6) is 0 Å². The van der Waals surface area contributed by atoms with E-state index in [0.717, 1.165) is 4.88 Å². The molecule has 0 bridgehead atoms. The number of Topliss-reactive ketones (excluding diaryl/α,β-unsaturated/α-hetero) is 1. The first kappa shape index (κ1) is 19.8. The van der Waals surface area contributed by atoms with Crippen molar-refractivity contribution in [3.05, 3.63) is 52.0 Å². The number of ether oxygens (including phenoxy) is 1. The van der Waals surface area contributed by atoms with Crippen LogP contribution in [0.3, 0.4) is 0 Å². The fourth-order valence-electron chi connectivity index (χ4n) is 2.22. The van der Waals surface area contributed by atoms with Gasteiger partial charge in [-0.05, 0) is 49.7 Å². The molecule has 0 saturated carbocycles. The predicted octanol–water partition coefficient (Wildman–Crippen LogP) is 4.12. The van der Waals surface area contributed by atoms with Gasteiger partial charge in [-0.25, -0.2) is 4.39 Å². The van der Waals surface area contributed by atoms with Gasteiger partial charge < -0.3 is 10.1 Å². The molecule has 0 aliphatic rings. The summed E-state index contributed by atoms with van der Waals surface area (Å²) in [5.41, 5.74) is 0.411. The average molecular weight is 377 g/mol. The molecule has 0 radical (unpaired) electrons. The fourth-order valence-corrected chi connectivity index (χ4v) is 3.05. The molecule has 7 heteroatoms. The third kappa shape index (κ3) is 5.77. The number of carbonyl (C=O) groups is 3. The third-order valence-electron chi connectivity index (χ3n) is 3.62. The Kier molecular flexibility index (Phi) is 7.03. The maximum atomic E-state index is 12.9. The van der Waals surface area contributed by atoms with Crippen LogP contribution in [0.1, 0.15) is 40.7 Å². The number of amides is 1. The number of hydrogen-bond acceptors (Lipinski definition) is 5. The summed E-state index contributed by atoms with van der Waals surface area (Å²) in [7, 11) is 0. The lowest BCUT2D eigenvalue weighted by Gasteiger charge is -2.16. The smallest absolute Gasteiger partial charge is 0.307 e. The van der Waals surface area contributed by atoms with Crippen molar-refractivity contribution in [2.24, 2.45) is 0 Å². The number of halogens is 1. The number of anilines is 1. The standard InChI is InChI=1S/C19H20FNO4S/c1-3-16(19(24)21-14-7-5-13(20)6-8-14)25-18(23)11-9-15(22)17-10-4-12(2)26-17/h4-8,10,16H,3,9,11H2,1-2H3,(H,21,24). The van der Waals surface area contributed by atoms with E-state index in [0.29, 0.717) is 10.6 Å². The SMILES string of the molecule is CCC(OC(=O)CCC(=O)c1ccc(C)s1)C(=O)Nc1ccc(F)cc1. The highest BCUT2D eigenvalue weighted by Gasteiger charge is 2.22. The molecule has 0 spiro atoms. The van der Waals surface area contributed by atoms with Crippen LogP contribution in [0.15, 0.2) is 36.4 Å². The van der Waals surface area contributed by atoms with Crippen molar-refractivity contribution < 1.29 is 23.5 Å². The first-order valence-corrected chi connectivity index (χ1v) is 9.06. The molecule has 2 rings (SSSR count). The summed E-state index contributed by atoms with van der Waals surface area (Å²) in [6.07, 6.45) is -0.728. The number of carbonyl (C=O) groups excluding carboxylic acids is 3. The molecule has 0 aliphatic carbocycles. The fraction of sp³-hybridized carbons (Fsp3) is 0.316. The third-order valence-corrected chi connectivity index (χ3v) is 4.66. The van der Waals surface area contributed by atoms with E-state index in [4.69, 9.17) is 4.74 Å². The summed E-state index contributed by atoms with van der Waals surface area (Å²) < 4.78 is 18.1. The average Bonchev–Trinajstić information content (AvgIpc) is 3.06. The number of hydrogen-bond donors (Lipinski definition) is 1. The number of ketones is 1. The summed E-state index contributed by atoms with van der Waals surface area (Å²) in [4.78, 5) is 37.8. The monoisotopic (exact) mass is 377 g/mol. The number of rotatable bonds is 8. The summed E-state index contributed by atoms with van der Waals surface area (Å²) in [6.45, 7) is 3.61. The van der Waals surface area contributed by atoms with E-state index in [2.05, 4.69) is 5.32 Å². The van der Waals surface area contributed by atoms with Crippen LogP contribution in [-0.4, -0.2) is 23.8 Å². The molecule has 1 amide bonds. The number of aryl methyl sites for hydroxylation is 1. The quantitative estimate of drug-likeness (QED) is 0.555. The first-order chi connectivity index (χ1) is 12.4. The van der Waals surface area contributed by atoms with Gasteiger partial charge in [0.1, 0.15) is 5.82 Å². The van der Waals surface area contributed by atoms with E-state index >= 15 is 0 Å². The van der Waals surface area contributed by atoms with Crippen LogP contribution < -0.4 is 5.32 Å². The molecule has 1 heterocycles. The van der Waals surface area contributed by atoms with Crippen molar-refractivity contribution in [3.63, 3.8) is 0 Å². The van der Waals surface area contributed by atoms with Crippen LogP contribution in [0.25, 0.3) is 0 Å². The Labute approximate surface area is 155 Å². The Bertz CT molecular complexity index is 785. The van der Waals surface area contributed by atoms with E-state index < -0.39 is 23.8 Å². The molecule has 0 fully saturated rings. The minimum absolute atomic E-state index is 0.0365. The summed E-state index contributed by atoms with van der Waals surface area (Å²) in [5, 5.41) is 2.57. The lowest BCUT2D eigenvalue weighted by atomic mass is 10.2. The minimum atomic E-state index is -0.966. The van der Waals surface area contributed by atoms with Gasteiger partial charge in [-0.1, -0.05) is 6.92 Å². The Morgan fingerprint density at radius 1 is 1.12 bits per heavy atom. The van der Waals surface area contributed by atoms with Crippen molar-refractivity contribution >= 4 is 34.7 Å². The maximum absolute atomic E-state index is 12.9. The van der Waals surface area contributed by atoms with Gasteiger partial charge in [-0.3, -0.25) is 14.4 Å². The second kappa shape index (κ2) is 9.24. The number of esters is 1. The number of thiophene rings is 1. The summed E-state index contributed by atoms with van der Waals surface area (Å²) >= 11 is 1.38. The van der Waals surface area contributed by atoms with Gasteiger partial charge in [0.25, 0.3) is 5.91 Å². The lowest BCUT2D eigenvalue weighted by Crippen LogP contribution is -2.32. The molecule has 26 heavy (non-hydrogen) atoms. The highest BCUT2D eigenvalue weighted by molar-refractivity contribution is 7.14. The summed E-state index contributed by atoms with van der Waals surface area (Å²) in [6, 6.07) is 8.87. The van der Waals surface area contributed by atoms with Crippen molar-refractivity contribution in [2.75, 3.05) is 5.32 Å². The maximum Gasteiger partial charge on any atom is 0.307 e. The van der Waals surface area contributed by atoms with Crippen molar-refractivity contribution in [1.29, 1.82) is 0 Å². The second-order valence-electron chi connectivity index (χ2n) is 5.72. The highest BCUT2D eigenvalue weighted by Crippen LogP contribution is 2.18. The van der Waals surface area contributed by atoms with Gasteiger partial charge in [0.2, 0.25) is 0 Å². The van der Waals surface area contributed by atoms with Crippen LogP contribution in [0.2, 0.25) is 0 Å². The van der Waals surface area contributed by atoms with E-state index in [9.17, 15) is 18.8 Å². The van der Waals surface area contributed by atoms with E-state index in [1.165, 1.54) is 35.6 Å². The van der Waals surface area contributed by atoms with Gasteiger partial charge in [0.05, 0.1) is 11.3 Å². The van der Waals surface area contributed by atoms with Crippen LogP contribution in [-0.2, 0) is 14.3 Å². The predicted molar refractivity (Wildman–Crippen MR) is 97.8 cm³/mol. The molecule has 138 valence electrons. The molecule has 5 nitrogen and oxygen atoms in total. The molecule has 0 aliphatic heterocycles. The molecule has 1 aromatic carbocycles.